The molecule has 2 saturated heterocycles. The van der Waals surface area contributed by atoms with Crippen molar-refractivity contribution in [2.24, 2.45) is 10.4 Å². The summed E-state index contributed by atoms with van der Waals surface area (Å²) >= 11 is 0. The van der Waals surface area contributed by atoms with Gasteiger partial charge in [-0.3, -0.25) is 9.89 Å². The molecule has 0 spiro atoms. The van der Waals surface area contributed by atoms with Gasteiger partial charge in [0.05, 0.1) is 19.3 Å². The molecule has 2 aliphatic heterocycles. The largest absolute Gasteiger partial charge is 0.396 e. The predicted molar refractivity (Wildman–Crippen MR) is 115 cm³/mol. The van der Waals surface area contributed by atoms with Crippen LogP contribution in [-0.2, 0) is 22.6 Å². The molecule has 2 aliphatic rings. The summed E-state index contributed by atoms with van der Waals surface area (Å²) < 4.78 is 11.2. The lowest BCUT2D eigenvalue weighted by molar-refractivity contribution is -0.0212. The van der Waals surface area contributed by atoms with Crippen LogP contribution in [0.15, 0.2) is 29.3 Å². The van der Waals surface area contributed by atoms with Crippen molar-refractivity contribution in [3.05, 3.63) is 35.4 Å². The number of nitrogens with one attached hydrogen (secondary N) is 2. The number of aliphatic hydroxyl groups is 1. The number of aliphatic hydroxyl groups excluding tert-OH is 1. The highest BCUT2D eigenvalue weighted by molar-refractivity contribution is 5.79. The third kappa shape index (κ3) is 6.67. The zero-order valence-electron chi connectivity index (χ0n) is 17.8. The fraction of sp³-hybridized carbons (Fsp3) is 0.682. The highest BCUT2D eigenvalue weighted by atomic mass is 16.5. The topological polar surface area (TPSA) is 78.4 Å². The summed E-state index contributed by atoms with van der Waals surface area (Å²) in [4.78, 5) is 6.80. The number of nitrogens with zero attached hydrogens (tertiary/aromatic N) is 2. The molecule has 2 heterocycles. The molecule has 1 aromatic carbocycles. The van der Waals surface area contributed by atoms with Crippen LogP contribution in [0.1, 0.15) is 30.9 Å². The average Bonchev–Trinajstić information content (AvgIpc) is 3.17. The quantitative estimate of drug-likeness (QED) is 0.449. The van der Waals surface area contributed by atoms with Crippen molar-refractivity contribution in [3.63, 3.8) is 0 Å². The Labute approximate surface area is 174 Å². The lowest BCUT2D eigenvalue weighted by Crippen LogP contribution is -2.44. The summed E-state index contributed by atoms with van der Waals surface area (Å²) in [6.45, 7) is 8.99. The molecular weight excluding hydrogens is 368 g/mol. The van der Waals surface area contributed by atoms with Crippen molar-refractivity contribution in [3.8, 4) is 0 Å². The molecule has 0 aromatic heterocycles. The van der Waals surface area contributed by atoms with Crippen LogP contribution < -0.4 is 10.6 Å². The third-order valence-electron chi connectivity index (χ3n) is 5.86. The lowest BCUT2D eigenvalue weighted by atomic mass is 9.84. The van der Waals surface area contributed by atoms with Crippen LogP contribution in [0.3, 0.4) is 0 Å². The molecule has 0 saturated carbocycles. The van der Waals surface area contributed by atoms with Gasteiger partial charge in [-0.2, -0.15) is 0 Å². The first-order chi connectivity index (χ1) is 14.1. The predicted octanol–water partition coefficient (Wildman–Crippen LogP) is 1.36. The Kier molecular flexibility index (Phi) is 8.29. The van der Waals surface area contributed by atoms with Crippen LogP contribution >= 0.6 is 0 Å². The summed E-state index contributed by atoms with van der Waals surface area (Å²) in [7, 11) is 1.79. The van der Waals surface area contributed by atoms with Crippen molar-refractivity contribution in [2.75, 3.05) is 53.1 Å². The summed E-state index contributed by atoms with van der Waals surface area (Å²) in [5, 5.41) is 16.2. The Bertz CT molecular complexity index is 661. The zero-order valence-corrected chi connectivity index (χ0v) is 17.8. The van der Waals surface area contributed by atoms with Gasteiger partial charge in [0, 0.05) is 58.4 Å². The van der Waals surface area contributed by atoms with Crippen molar-refractivity contribution in [2.45, 2.75) is 39.0 Å². The highest BCUT2D eigenvalue weighted by Crippen LogP contribution is 2.31. The van der Waals surface area contributed by atoms with Gasteiger partial charge in [-0.25, -0.2) is 0 Å². The highest BCUT2D eigenvalue weighted by Gasteiger charge is 2.34. The minimum Gasteiger partial charge on any atom is -0.396 e. The molecule has 7 nitrogen and oxygen atoms in total. The van der Waals surface area contributed by atoms with E-state index < -0.39 is 0 Å². The van der Waals surface area contributed by atoms with E-state index in [9.17, 15) is 5.11 Å². The average molecular weight is 405 g/mol. The van der Waals surface area contributed by atoms with Gasteiger partial charge in [-0.1, -0.05) is 24.3 Å². The molecule has 7 heteroatoms. The monoisotopic (exact) mass is 404 g/mol. The van der Waals surface area contributed by atoms with Crippen LogP contribution in [0.4, 0.5) is 0 Å². The minimum absolute atomic E-state index is 0.00157. The van der Waals surface area contributed by atoms with Crippen LogP contribution in [0, 0.1) is 5.41 Å². The number of hydrogen-bond donors (Lipinski definition) is 3. The Morgan fingerprint density at radius 3 is 2.90 bits per heavy atom. The van der Waals surface area contributed by atoms with Crippen LogP contribution in [0.5, 0.6) is 0 Å². The molecule has 3 rings (SSSR count). The Morgan fingerprint density at radius 2 is 2.17 bits per heavy atom. The second-order valence-corrected chi connectivity index (χ2v) is 8.29. The summed E-state index contributed by atoms with van der Waals surface area (Å²) in [5.74, 6) is 0.779. The molecule has 3 N–H and O–H groups in total. The van der Waals surface area contributed by atoms with Crippen molar-refractivity contribution < 1.29 is 14.6 Å². The van der Waals surface area contributed by atoms with Gasteiger partial charge in [-0.15, -0.1) is 0 Å². The first-order valence-corrected chi connectivity index (χ1v) is 10.7. The number of ether oxygens (including phenoxy) is 2. The molecule has 0 aliphatic carbocycles. The molecular formula is C22H36N4O3. The van der Waals surface area contributed by atoms with E-state index in [4.69, 9.17) is 9.47 Å². The van der Waals surface area contributed by atoms with E-state index in [0.717, 1.165) is 64.7 Å². The number of guanidine groups is 1. The second-order valence-electron chi connectivity index (χ2n) is 8.29. The second kappa shape index (κ2) is 10.9. The van der Waals surface area contributed by atoms with E-state index in [0.29, 0.717) is 12.7 Å². The minimum atomic E-state index is 0.00157. The number of hydrogen-bond acceptors (Lipinski definition) is 5. The van der Waals surface area contributed by atoms with Gasteiger partial charge in [0.25, 0.3) is 0 Å². The van der Waals surface area contributed by atoms with Gasteiger partial charge in [0.1, 0.15) is 0 Å². The molecule has 0 radical (unpaired) electrons. The van der Waals surface area contributed by atoms with E-state index in [1.807, 2.05) is 0 Å². The first kappa shape index (κ1) is 22.0. The smallest absolute Gasteiger partial charge is 0.191 e. The maximum Gasteiger partial charge on any atom is 0.191 e. The molecule has 0 bridgehead atoms. The van der Waals surface area contributed by atoms with Crippen LogP contribution in [-0.4, -0.2) is 75.2 Å². The lowest BCUT2D eigenvalue weighted by Gasteiger charge is -2.31. The van der Waals surface area contributed by atoms with Crippen molar-refractivity contribution in [1.82, 2.24) is 15.5 Å². The van der Waals surface area contributed by atoms with Gasteiger partial charge in [0.15, 0.2) is 5.96 Å². The number of aliphatic imine (C=N–C) groups is 1. The Morgan fingerprint density at radius 1 is 1.31 bits per heavy atom. The zero-order chi connectivity index (χ0) is 20.5. The van der Waals surface area contributed by atoms with E-state index in [1.165, 1.54) is 11.1 Å². The SMILES string of the molecule is CN=C(NCc1cccc(CN2CCOC(C)C2)c1)NCC1(CCO)CCOC1. The maximum atomic E-state index is 9.38. The standard InChI is InChI=1S/C22H36N4O3/c1-18-14-26(8-11-29-18)15-20-5-3-4-19(12-20)13-24-21(23-2)25-16-22(6-9-27)7-10-28-17-22/h3-5,12,18,27H,6-11,13-17H2,1-2H3,(H2,23,24,25). The molecule has 2 atom stereocenters. The molecule has 2 unspecified atom stereocenters. The molecule has 0 amide bonds. The Balaban J connectivity index is 1.49. The summed E-state index contributed by atoms with van der Waals surface area (Å²) in [6, 6.07) is 8.72. The molecule has 2 fully saturated rings. The fourth-order valence-corrected chi connectivity index (χ4v) is 4.12. The van der Waals surface area contributed by atoms with Gasteiger partial charge in [0.2, 0.25) is 0 Å². The normalized spacial score (nSPS) is 25.9. The molecule has 29 heavy (non-hydrogen) atoms. The fourth-order valence-electron chi connectivity index (χ4n) is 4.12. The summed E-state index contributed by atoms with van der Waals surface area (Å²) in [6.07, 6.45) is 2.03. The van der Waals surface area contributed by atoms with E-state index in [-0.39, 0.29) is 12.0 Å². The summed E-state index contributed by atoms with van der Waals surface area (Å²) in [5.41, 5.74) is 2.56. The van der Waals surface area contributed by atoms with Gasteiger partial charge < -0.3 is 25.2 Å². The number of rotatable bonds is 8. The van der Waals surface area contributed by atoms with E-state index >= 15 is 0 Å². The molecule has 162 valence electrons. The van der Waals surface area contributed by atoms with Crippen molar-refractivity contribution >= 4 is 5.96 Å². The van der Waals surface area contributed by atoms with Crippen LogP contribution in [0.2, 0.25) is 0 Å². The van der Waals surface area contributed by atoms with Gasteiger partial charge >= 0.3 is 0 Å². The third-order valence-corrected chi connectivity index (χ3v) is 5.86. The maximum absolute atomic E-state index is 9.38. The molecule has 1 aromatic rings. The van der Waals surface area contributed by atoms with E-state index in [2.05, 4.69) is 51.7 Å². The number of morpholine rings is 1. The Hall–Kier alpha value is -1.67. The van der Waals surface area contributed by atoms with Crippen molar-refractivity contribution in [1.29, 1.82) is 0 Å². The first-order valence-electron chi connectivity index (χ1n) is 10.7. The van der Waals surface area contributed by atoms with Gasteiger partial charge in [-0.05, 0) is 30.9 Å². The van der Waals surface area contributed by atoms with Crippen LogP contribution in [0.25, 0.3) is 0 Å². The van der Waals surface area contributed by atoms with E-state index in [1.54, 1.807) is 7.05 Å². The number of benzene rings is 1.